The summed E-state index contributed by atoms with van der Waals surface area (Å²) in [5.41, 5.74) is 2.54. The van der Waals surface area contributed by atoms with Gasteiger partial charge in [-0.2, -0.15) is 0 Å². The molecular weight excluding hydrogens is 356 g/mol. The Morgan fingerprint density at radius 1 is 1.00 bits per heavy atom. The number of hydrogen-bond acceptors (Lipinski definition) is 4. The van der Waals surface area contributed by atoms with E-state index in [1.807, 2.05) is 6.07 Å². The van der Waals surface area contributed by atoms with Gasteiger partial charge in [-0.15, -0.1) is 0 Å². The van der Waals surface area contributed by atoms with Gasteiger partial charge in [-0.3, -0.25) is 0 Å². The number of ether oxygens (including phenoxy) is 1. The van der Waals surface area contributed by atoms with Crippen LogP contribution in [0.5, 0.6) is 11.5 Å². The zero-order chi connectivity index (χ0) is 20.4. The van der Waals surface area contributed by atoms with Crippen LogP contribution >= 0.6 is 0 Å². The summed E-state index contributed by atoms with van der Waals surface area (Å²) >= 11 is 0. The molecule has 0 saturated heterocycles. The molecule has 4 nitrogen and oxygen atoms in total. The van der Waals surface area contributed by atoms with Gasteiger partial charge < -0.3 is 13.6 Å². The van der Waals surface area contributed by atoms with Crippen molar-refractivity contribution in [2.45, 2.75) is 77.9 Å². The van der Waals surface area contributed by atoms with Gasteiger partial charge in [0.05, 0.1) is 12.5 Å². The van der Waals surface area contributed by atoms with Crippen LogP contribution in [0.3, 0.4) is 0 Å². The largest absolute Gasteiger partial charge is 0.542 e. The third kappa shape index (κ3) is 4.08. The van der Waals surface area contributed by atoms with Crippen molar-refractivity contribution in [2.24, 2.45) is 0 Å². The van der Waals surface area contributed by atoms with Crippen LogP contribution in [0.2, 0.25) is 16.6 Å². The highest BCUT2D eigenvalue weighted by molar-refractivity contribution is 6.78. The van der Waals surface area contributed by atoms with Crippen LogP contribution in [0.1, 0.15) is 60.5 Å². The average Bonchev–Trinajstić information content (AvgIpc) is 2.57. The summed E-state index contributed by atoms with van der Waals surface area (Å²) in [7, 11) is -0.534. The zero-order valence-electron chi connectivity index (χ0n) is 18.0. The molecule has 0 unspecified atom stereocenters. The monoisotopic (exact) mass is 390 g/mol. The SMILES string of the molecule is CCCc1cc(=O)oc2cc(OC)cc(O[Si](C(C)C)(C(C)C)C(C)C)c12. The molecule has 0 bridgehead atoms. The number of fused-ring (bicyclic) bond motifs is 1. The zero-order valence-corrected chi connectivity index (χ0v) is 19.0. The first-order chi connectivity index (χ1) is 12.7. The fraction of sp³-hybridized carbons (Fsp3) is 0.591. The molecule has 5 heteroatoms. The first kappa shape index (κ1) is 21.5. The number of benzene rings is 1. The molecule has 0 fully saturated rings. The Kier molecular flexibility index (Phi) is 6.79. The third-order valence-corrected chi connectivity index (χ3v) is 11.6. The van der Waals surface area contributed by atoms with Gasteiger partial charge in [0.25, 0.3) is 8.32 Å². The summed E-state index contributed by atoms with van der Waals surface area (Å²) in [5.74, 6) is 1.44. The maximum absolute atomic E-state index is 12.1. The quantitative estimate of drug-likeness (QED) is 0.391. The highest BCUT2D eigenvalue weighted by Gasteiger charge is 2.47. The first-order valence-corrected chi connectivity index (χ1v) is 12.1. The molecule has 0 aliphatic carbocycles. The molecule has 1 aromatic carbocycles. The van der Waals surface area contributed by atoms with Gasteiger partial charge in [-0.1, -0.05) is 54.9 Å². The molecule has 1 heterocycles. The van der Waals surface area contributed by atoms with Crippen molar-refractivity contribution in [3.8, 4) is 11.5 Å². The lowest BCUT2D eigenvalue weighted by atomic mass is 10.0. The molecule has 27 heavy (non-hydrogen) atoms. The minimum Gasteiger partial charge on any atom is -0.542 e. The van der Waals surface area contributed by atoms with Crippen molar-refractivity contribution in [1.82, 2.24) is 0 Å². The van der Waals surface area contributed by atoms with Crippen molar-refractivity contribution in [2.75, 3.05) is 7.11 Å². The van der Waals surface area contributed by atoms with E-state index in [9.17, 15) is 4.79 Å². The highest BCUT2D eigenvalue weighted by Crippen LogP contribution is 2.45. The number of aryl methyl sites for hydroxylation is 1. The minimum absolute atomic E-state index is 0.328. The molecule has 0 atom stereocenters. The van der Waals surface area contributed by atoms with Gasteiger partial charge in [-0.25, -0.2) is 4.79 Å². The molecule has 2 aromatic rings. The van der Waals surface area contributed by atoms with Crippen LogP contribution in [-0.4, -0.2) is 15.4 Å². The summed E-state index contributed by atoms with van der Waals surface area (Å²) in [6, 6.07) is 5.34. The standard InChI is InChI=1S/C22H34O4Si/c1-9-10-17-11-21(23)25-19-12-18(24-8)13-20(22(17)19)26-27(14(2)3,15(4)5)16(6)7/h11-16H,9-10H2,1-8H3. The Morgan fingerprint density at radius 3 is 2.07 bits per heavy atom. The second-order valence-corrected chi connectivity index (χ2v) is 13.6. The fourth-order valence-corrected chi connectivity index (χ4v) is 9.77. The lowest BCUT2D eigenvalue weighted by molar-refractivity contribution is 0.409. The van der Waals surface area contributed by atoms with Crippen LogP contribution < -0.4 is 14.8 Å². The van der Waals surface area contributed by atoms with Crippen LogP contribution in [0.25, 0.3) is 11.0 Å². The molecule has 0 spiro atoms. The minimum atomic E-state index is -2.16. The molecule has 0 N–H and O–H groups in total. The summed E-state index contributed by atoms with van der Waals surface area (Å²) in [6.45, 7) is 15.7. The van der Waals surface area contributed by atoms with E-state index in [1.54, 1.807) is 19.2 Å². The van der Waals surface area contributed by atoms with Crippen molar-refractivity contribution in [3.05, 3.63) is 34.2 Å². The Labute approximate surface area is 164 Å². The van der Waals surface area contributed by atoms with Gasteiger partial charge in [-0.05, 0) is 28.6 Å². The lowest BCUT2D eigenvalue weighted by Crippen LogP contribution is -2.50. The van der Waals surface area contributed by atoms with E-state index in [4.69, 9.17) is 13.6 Å². The van der Waals surface area contributed by atoms with Gasteiger partial charge >= 0.3 is 5.63 Å². The predicted octanol–water partition coefficient (Wildman–Crippen LogP) is 6.31. The fourth-order valence-electron chi connectivity index (χ4n) is 4.52. The first-order valence-electron chi connectivity index (χ1n) is 10.0. The van der Waals surface area contributed by atoms with Crippen LogP contribution in [-0.2, 0) is 6.42 Å². The van der Waals surface area contributed by atoms with Gasteiger partial charge in [0.2, 0.25) is 0 Å². The van der Waals surface area contributed by atoms with E-state index in [0.717, 1.165) is 29.5 Å². The van der Waals surface area contributed by atoms with Gasteiger partial charge in [0, 0.05) is 18.2 Å². The normalized spacial score (nSPS) is 12.4. The predicted molar refractivity (Wildman–Crippen MR) is 115 cm³/mol. The molecule has 0 saturated carbocycles. The number of rotatable bonds is 8. The van der Waals surface area contributed by atoms with Crippen LogP contribution in [0.15, 0.2) is 27.4 Å². The third-order valence-electron chi connectivity index (χ3n) is 5.61. The van der Waals surface area contributed by atoms with E-state index in [-0.39, 0.29) is 5.63 Å². The van der Waals surface area contributed by atoms with E-state index >= 15 is 0 Å². The topological polar surface area (TPSA) is 48.7 Å². The second kappa shape index (κ2) is 8.51. The molecule has 0 aliphatic rings. The summed E-state index contributed by atoms with van der Waals surface area (Å²) in [4.78, 5) is 12.1. The van der Waals surface area contributed by atoms with Crippen molar-refractivity contribution in [1.29, 1.82) is 0 Å². The molecule has 1 aromatic heterocycles. The van der Waals surface area contributed by atoms with E-state index in [1.165, 1.54) is 0 Å². The number of methoxy groups -OCH3 is 1. The summed E-state index contributed by atoms with van der Waals surface area (Å²) in [6.07, 6.45) is 1.76. The van der Waals surface area contributed by atoms with Crippen molar-refractivity contribution < 1.29 is 13.6 Å². The van der Waals surface area contributed by atoms with Gasteiger partial charge in [0.15, 0.2) is 0 Å². The average molecular weight is 391 g/mol. The lowest BCUT2D eigenvalue weighted by Gasteiger charge is -2.42. The van der Waals surface area contributed by atoms with Crippen LogP contribution in [0, 0.1) is 0 Å². The van der Waals surface area contributed by atoms with E-state index < -0.39 is 8.32 Å². The van der Waals surface area contributed by atoms with Crippen LogP contribution in [0.4, 0.5) is 0 Å². The molecule has 0 radical (unpaired) electrons. The molecule has 150 valence electrons. The highest BCUT2D eigenvalue weighted by atomic mass is 28.4. The Bertz CT molecular complexity index is 814. The molecular formula is C22H34O4Si. The Morgan fingerprint density at radius 2 is 1.59 bits per heavy atom. The van der Waals surface area contributed by atoms with E-state index in [0.29, 0.717) is 28.0 Å². The molecule has 2 rings (SSSR count). The smallest absolute Gasteiger partial charge is 0.336 e. The van der Waals surface area contributed by atoms with Gasteiger partial charge in [0.1, 0.15) is 17.1 Å². The van der Waals surface area contributed by atoms with Crippen molar-refractivity contribution >= 4 is 19.3 Å². The second-order valence-electron chi connectivity index (χ2n) is 8.26. The maximum Gasteiger partial charge on any atom is 0.336 e. The molecule has 0 aliphatic heterocycles. The Balaban J connectivity index is 2.80. The maximum atomic E-state index is 12.1. The van der Waals surface area contributed by atoms with Crippen molar-refractivity contribution in [3.63, 3.8) is 0 Å². The summed E-state index contributed by atoms with van der Waals surface area (Å²) in [5, 5.41) is 0.913. The number of hydrogen-bond donors (Lipinski definition) is 0. The Hall–Kier alpha value is -1.75. The summed E-state index contributed by atoms with van der Waals surface area (Å²) < 4.78 is 18.0. The van der Waals surface area contributed by atoms with E-state index in [2.05, 4.69) is 48.5 Å². The molecule has 0 amide bonds.